The van der Waals surface area contributed by atoms with Gasteiger partial charge in [0, 0.05) is 18.7 Å². The Kier molecular flexibility index (Phi) is 3.49. The molecular weight excluding hydrogens is 324 g/mol. The molecule has 9 heteroatoms. The number of rotatable bonds is 4. The standard InChI is InChI=1S/C14H11F2N5OS/c15-10(16)13-18-19-14(23-13)21-6-9(7-21)12-17-11(20-22-12)8-4-2-1-3-5-8/h1-5,9-10H,6-7H2. The van der Waals surface area contributed by atoms with Crippen molar-refractivity contribution in [1.82, 2.24) is 20.3 Å². The Morgan fingerprint density at radius 3 is 2.65 bits per heavy atom. The molecule has 3 heterocycles. The SMILES string of the molecule is FC(F)c1nnc(N2CC(c3nc(-c4ccccc4)no3)C2)s1. The Bertz CT molecular complexity index is 800. The first kappa shape index (κ1) is 14.2. The summed E-state index contributed by atoms with van der Waals surface area (Å²) in [6, 6.07) is 9.56. The summed E-state index contributed by atoms with van der Waals surface area (Å²) in [7, 11) is 0. The summed E-state index contributed by atoms with van der Waals surface area (Å²) in [6.07, 6.45) is -2.58. The molecule has 0 amide bonds. The van der Waals surface area contributed by atoms with E-state index in [0.29, 0.717) is 29.9 Å². The number of nitrogens with zero attached hydrogens (tertiary/aromatic N) is 5. The molecule has 0 bridgehead atoms. The van der Waals surface area contributed by atoms with E-state index >= 15 is 0 Å². The van der Waals surface area contributed by atoms with Gasteiger partial charge in [0.2, 0.25) is 16.8 Å². The maximum Gasteiger partial charge on any atom is 0.291 e. The monoisotopic (exact) mass is 335 g/mol. The third-order valence-corrected chi connectivity index (χ3v) is 4.58. The van der Waals surface area contributed by atoms with Gasteiger partial charge in [0.05, 0.1) is 5.92 Å². The van der Waals surface area contributed by atoms with Crippen LogP contribution in [0.4, 0.5) is 13.9 Å². The van der Waals surface area contributed by atoms with Gasteiger partial charge in [-0.1, -0.05) is 46.8 Å². The Morgan fingerprint density at radius 2 is 1.96 bits per heavy atom. The van der Waals surface area contributed by atoms with Crippen LogP contribution >= 0.6 is 11.3 Å². The van der Waals surface area contributed by atoms with Crippen LogP contribution in [-0.2, 0) is 0 Å². The van der Waals surface area contributed by atoms with E-state index < -0.39 is 6.43 Å². The van der Waals surface area contributed by atoms with Crippen molar-refractivity contribution in [2.75, 3.05) is 18.0 Å². The molecule has 1 fully saturated rings. The fourth-order valence-electron chi connectivity index (χ4n) is 2.34. The summed E-state index contributed by atoms with van der Waals surface area (Å²) in [5, 5.41) is 11.5. The first-order valence-electron chi connectivity index (χ1n) is 6.96. The van der Waals surface area contributed by atoms with Gasteiger partial charge >= 0.3 is 0 Å². The van der Waals surface area contributed by atoms with Crippen LogP contribution in [0.1, 0.15) is 23.2 Å². The molecule has 0 spiro atoms. The normalized spacial score (nSPS) is 15.2. The topological polar surface area (TPSA) is 67.9 Å². The van der Waals surface area contributed by atoms with Crippen molar-refractivity contribution in [3.8, 4) is 11.4 Å². The number of hydrogen-bond acceptors (Lipinski definition) is 7. The zero-order valence-corrected chi connectivity index (χ0v) is 12.6. The van der Waals surface area contributed by atoms with Gasteiger partial charge < -0.3 is 9.42 Å². The van der Waals surface area contributed by atoms with E-state index in [4.69, 9.17) is 4.52 Å². The van der Waals surface area contributed by atoms with Crippen molar-refractivity contribution in [1.29, 1.82) is 0 Å². The maximum absolute atomic E-state index is 12.5. The molecule has 0 N–H and O–H groups in total. The van der Waals surface area contributed by atoms with Gasteiger partial charge in [-0.25, -0.2) is 8.78 Å². The molecule has 1 aliphatic rings. The second-order valence-electron chi connectivity index (χ2n) is 5.15. The van der Waals surface area contributed by atoms with E-state index in [1.807, 2.05) is 35.2 Å². The molecule has 1 aromatic carbocycles. The quantitative estimate of drug-likeness (QED) is 0.730. The fourth-order valence-corrected chi connectivity index (χ4v) is 3.06. The highest BCUT2D eigenvalue weighted by Gasteiger charge is 2.35. The summed E-state index contributed by atoms with van der Waals surface area (Å²) < 4.78 is 30.4. The second kappa shape index (κ2) is 5.65. The molecule has 0 atom stereocenters. The van der Waals surface area contributed by atoms with E-state index in [-0.39, 0.29) is 10.9 Å². The largest absolute Gasteiger partial charge is 0.345 e. The molecule has 0 aliphatic carbocycles. The van der Waals surface area contributed by atoms with E-state index in [9.17, 15) is 8.78 Å². The highest BCUT2D eigenvalue weighted by molar-refractivity contribution is 7.15. The number of halogens is 2. The van der Waals surface area contributed by atoms with Crippen LogP contribution < -0.4 is 4.90 Å². The summed E-state index contributed by atoms with van der Waals surface area (Å²) in [5.74, 6) is 1.19. The minimum Gasteiger partial charge on any atom is -0.345 e. The molecule has 23 heavy (non-hydrogen) atoms. The van der Waals surface area contributed by atoms with Crippen molar-refractivity contribution in [2.24, 2.45) is 0 Å². The molecule has 1 aliphatic heterocycles. The molecule has 6 nitrogen and oxygen atoms in total. The number of aromatic nitrogens is 4. The van der Waals surface area contributed by atoms with Gasteiger partial charge in [-0.15, -0.1) is 10.2 Å². The second-order valence-corrected chi connectivity index (χ2v) is 6.14. The van der Waals surface area contributed by atoms with Crippen LogP contribution in [0.3, 0.4) is 0 Å². The molecular formula is C14H11F2N5OS. The van der Waals surface area contributed by atoms with Crippen molar-refractivity contribution < 1.29 is 13.3 Å². The Morgan fingerprint density at radius 1 is 1.17 bits per heavy atom. The van der Waals surface area contributed by atoms with E-state index in [1.54, 1.807) is 0 Å². The molecule has 0 unspecified atom stereocenters. The Balaban J connectivity index is 1.43. The van der Waals surface area contributed by atoms with Gasteiger partial charge in [0.1, 0.15) is 0 Å². The van der Waals surface area contributed by atoms with Crippen molar-refractivity contribution >= 4 is 16.5 Å². The first-order chi connectivity index (χ1) is 11.2. The number of benzene rings is 1. The molecule has 3 aromatic rings. The summed E-state index contributed by atoms with van der Waals surface area (Å²) in [4.78, 5) is 6.28. The highest BCUT2D eigenvalue weighted by Crippen LogP contribution is 2.35. The van der Waals surface area contributed by atoms with Gasteiger partial charge in [-0.05, 0) is 0 Å². The lowest BCUT2D eigenvalue weighted by atomic mass is 10.0. The van der Waals surface area contributed by atoms with Crippen molar-refractivity contribution in [3.05, 3.63) is 41.2 Å². The molecule has 0 radical (unpaired) electrons. The van der Waals surface area contributed by atoms with E-state index in [0.717, 1.165) is 16.9 Å². The third kappa shape index (κ3) is 2.67. The van der Waals surface area contributed by atoms with Gasteiger partial charge in [0.15, 0.2) is 5.01 Å². The van der Waals surface area contributed by atoms with Crippen LogP contribution in [-0.4, -0.2) is 33.4 Å². The molecule has 118 valence electrons. The van der Waals surface area contributed by atoms with Crippen LogP contribution in [0, 0.1) is 0 Å². The van der Waals surface area contributed by atoms with Crippen LogP contribution in [0.5, 0.6) is 0 Å². The maximum atomic E-state index is 12.5. The predicted molar refractivity (Wildman–Crippen MR) is 79.6 cm³/mol. The Hall–Kier alpha value is -2.42. The summed E-state index contributed by atoms with van der Waals surface area (Å²) in [6.45, 7) is 1.21. The number of alkyl halides is 2. The predicted octanol–water partition coefficient (Wildman–Crippen LogP) is 3.13. The third-order valence-electron chi connectivity index (χ3n) is 3.59. The average molecular weight is 335 g/mol. The van der Waals surface area contributed by atoms with Crippen LogP contribution in [0.25, 0.3) is 11.4 Å². The molecule has 0 saturated carbocycles. The van der Waals surface area contributed by atoms with Crippen molar-refractivity contribution in [2.45, 2.75) is 12.3 Å². The number of anilines is 1. The molecule has 2 aromatic heterocycles. The van der Waals surface area contributed by atoms with E-state index in [1.165, 1.54) is 0 Å². The van der Waals surface area contributed by atoms with Gasteiger partial charge in [-0.3, -0.25) is 0 Å². The lowest BCUT2D eigenvalue weighted by molar-refractivity contribution is 0.150. The van der Waals surface area contributed by atoms with Crippen LogP contribution in [0.2, 0.25) is 0 Å². The smallest absolute Gasteiger partial charge is 0.291 e. The Labute approximate surface area is 133 Å². The van der Waals surface area contributed by atoms with Gasteiger partial charge in [-0.2, -0.15) is 4.98 Å². The van der Waals surface area contributed by atoms with Gasteiger partial charge in [0.25, 0.3) is 6.43 Å². The van der Waals surface area contributed by atoms with Crippen LogP contribution in [0.15, 0.2) is 34.9 Å². The first-order valence-corrected chi connectivity index (χ1v) is 7.78. The van der Waals surface area contributed by atoms with E-state index in [2.05, 4.69) is 20.3 Å². The number of hydrogen-bond donors (Lipinski definition) is 0. The lowest BCUT2D eigenvalue weighted by Gasteiger charge is -2.36. The lowest BCUT2D eigenvalue weighted by Crippen LogP contribution is -2.45. The average Bonchev–Trinajstić information content (AvgIpc) is 3.16. The molecule has 1 saturated heterocycles. The summed E-state index contributed by atoms with van der Waals surface area (Å²) in [5.41, 5.74) is 0.893. The zero-order chi connectivity index (χ0) is 15.8. The van der Waals surface area contributed by atoms with Crippen molar-refractivity contribution in [3.63, 3.8) is 0 Å². The molecule has 4 rings (SSSR count). The summed E-state index contributed by atoms with van der Waals surface area (Å²) >= 11 is 0.911. The minimum atomic E-state index is -2.58. The highest BCUT2D eigenvalue weighted by atomic mass is 32.1. The minimum absolute atomic E-state index is 0.0823. The fraction of sp³-hybridized carbons (Fsp3) is 0.286. The zero-order valence-electron chi connectivity index (χ0n) is 11.8.